The zero-order valence-corrected chi connectivity index (χ0v) is 28.2. The molecule has 0 bridgehead atoms. The Bertz CT molecular complexity index is 2990. The quantitative estimate of drug-likeness (QED) is 0.187. The summed E-state index contributed by atoms with van der Waals surface area (Å²) in [7, 11) is 0. The van der Waals surface area contributed by atoms with Crippen molar-refractivity contribution in [1.29, 1.82) is 0 Å². The van der Waals surface area contributed by atoms with Crippen LogP contribution in [0, 0.1) is 0 Å². The van der Waals surface area contributed by atoms with Crippen LogP contribution in [0.4, 0.5) is 0 Å². The highest BCUT2D eigenvalue weighted by Crippen LogP contribution is 2.42. The Morgan fingerprint density at radius 2 is 1.29 bits per heavy atom. The van der Waals surface area contributed by atoms with E-state index in [4.69, 9.17) is 19.4 Å². The number of aromatic nitrogens is 4. The number of allylic oxidation sites excluding steroid dienone is 1. The van der Waals surface area contributed by atoms with E-state index in [9.17, 15) is 0 Å². The molecule has 0 spiro atoms. The van der Waals surface area contributed by atoms with Gasteiger partial charge >= 0.3 is 0 Å². The monoisotopic (exact) mass is 672 g/mol. The predicted molar refractivity (Wildman–Crippen MR) is 210 cm³/mol. The minimum atomic E-state index is 0.612. The van der Waals surface area contributed by atoms with E-state index in [1.165, 1.54) is 42.3 Å². The second-order valence-electron chi connectivity index (χ2n) is 13.1. The van der Waals surface area contributed by atoms with Gasteiger partial charge in [0.25, 0.3) is 0 Å². The van der Waals surface area contributed by atoms with Crippen molar-refractivity contribution in [1.82, 2.24) is 19.5 Å². The first kappa shape index (κ1) is 28.5. The normalized spacial score (nSPS) is 12.9. The van der Waals surface area contributed by atoms with Crippen molar-refractivity contribution in [2.45, 2.75) is 12.8 Å². The zero-order valence-electron chi connectivity index (χ0n) is 27.4. The number of rotatable bonds is 4. The molecule has 11 rings (SSSR count). The summed E-state index contributed by atoms with van der Waals surface area (Å²) in [5.41, 5.74) is 9.19. The molecule has 0 fully saturated rings. The van der Waals surface area contributed by atoms with Crippen LogP contribution in [0.25, 0.3) is 99.8 Å². The van der Waals surface area contributed by atoms with E-state index in [1.54, 1.807) is 0 Å². The van der Waals surface area contributed by atoms with Crippen LogP contribution in [-0.2, 0) is 6.42 Å². The van der Waals surface area contributed by atoms with Crippen LogP contribution in [0.2, 0.25) is 0 Å². The molecule has 0 saturated carbocycles. The number of hydrogen-bond donors (Lipinski definition) is 0. The lowest BCUT2D eigenvalue weighted by molar-refractivity contribution is 0.669. The highest BCUT2D eigenvalue weighted by atomic mass is 32.1. The fourth-order valence-electron chi connectivity index (χ4n) is 7.84. The molecule has 4 heterocycles. The summed E-state index contributed by atoms with van der Waals surface area (Å²) in [6.07, 6.45) is 6.69. The Kier molecular flexibility index (Phi) is 6.18. The molecule has 1 aliphatic carbocycles. The second kappa shape index (κ2) is 11.1. The van der Waals surface area contributed by atoms with Gasteiger partial charge in [-0.3, -0.25) is 0 Å². The Hall–Kier alpha value is -6.37. The lowest BCUT2D eigenvalue weighted by Crippen LogP contribution is -2.00. The molecule has 5 nitrogen and oxygen atoms in total. The Morgan fingerprint density at radius 1 is 0.569 bits per heavy atom. The molecule has 0 atom stereocenters. The number of aryl methyl sites for hydroxylation is 1. The molecule has 0 N–H and O–H groups in total. The van der Waals surface area contributed by atoms with E-state index in [2.05, 4.69) is 132 Å². The van der Waals surface area contributed by atoms with Gasteiger partial charge in [0, 0.05) is 47.8 Å². The lowest BCUT2D eigenvalue weighted by Gasteiger charge is -2.11. The number of nitrogens with zero attached hydrogens (tertiary/aromatic N) is 4. The van der Waals surface area contributed by atoms with Crippen molar-refractivity contribution < 1.29 is 4.42 Å². The summed E-state index contributed by atoms with van der Waals surface area (Å²) in [5, 5.41) is 5.80. The van der Waals surface area contributed by atoms with Crippen molar-refractivity contribution in [2.24, 2.45) is 0 Å². The molecule has 6 aromatic carbocycles. The molecule has 0 unspecified atom stereocenters. The van der Waals surface area contributed by atoms with Crippen LogP contribution in [-0.4, -0.2) is 19.5 Å². The summed E-state index contributed by atoms with van der Waals surface area (Å²) < 4.78 is 10.2. The minimum Gasteiger partial charge on any atom is -0.456 e. The van der Waals surface area contributed by atoms with Crippen LogP contribution in [0.5, 0.6) is 0 Å². The van der Waals surface area contributed by atoms with Gasteiger partial charge < -0.3 is 8.98 Å². The maximum Gasteiger partial charge on any atom is 0.164 e. The molecule has 51 heavy (non-hydrogen) atoms. The number of hydrogen-bond acceptors (Lipinski definition) is 5. The third-order valence-corrected chi connectivity index (χ3v) is 11.3. The number of furan rings is 1. The molecule has 240 valence electrons. The Balaban J connectivity index is 1.12. The number of para-hydroxylation sites is 2. The van der Waals surface area contributed by atoms with E-state index in [0.29, 0.717) is 17.5 Å². The fraction of sp³-hybridized carbons (Fsp3) is 0.0444. The van der Waals surface area contributed by atoms with Gasteiger partial charge in [-0.15, -0.1) is 11.3 Å². The van der Waals surface area contributed by atoms with E-state index in [1.807, 2.05) is 29.5 Å². The molecule has 4 aromatic heterocycles. The summed E-state index contributed by atoms with van der Waals surface area (Å²) in [6.45, 7) is 0. The van der Waals surface area contributed by atoms with E-state index < -0.39 is 0 Å². The van der Waals surface area contributed by atoms with E-state index >= 15 is 0 Å². The maximum atomic E-state index is 6.63. The molecule has 0 radical (unpaired) electrons. The van der Waals surface area contributed by atoms with Crippen molar-refractivity contribution in [2.75, 3.05) is 0 Å². The van der Waals surface area contributed by atoms with Crippen LogP contribution in [0.3, 0.4) is 0 Å². The van der Waals surface area contributed by atoms with Crippen LogP contribution < -0.4 is 0 Å². The molecular formula is C45H28N4OS. The largest absolute Gasteiger partial charge is 0.456 e. The van der Waals surface area contributed by atoms with Gasteiger partial charge in [0.1, 0.15) is 11.2 Å². The van der Waals surface area contributed by atoms with E-state index in [-0.39, 0.29) is 0 Å². The highest BCUT2D eigenvalue weighted by molar-refractivity contribution is 7.19. The van der Waals surface area contributed by atoms with Gasteiger partial charge in [0.15, 0.2) is 17.5 Å². The molecule has 0 saturated heterocycles. The third kappa shape index (κ3) is 4.36. The summed E-state index contributed by atoms with van der Waals surface area (Å²) >= 11 is 1.88. The third-order valence-electron chi connectivity index (χ3n) is 10.1. The molecule has 6 heteroatoms. The first-order valence-corrected chi connectivity index (χ1v) is 18.1. The zero-order chi connectivity index (χ0) is 33.5. The topological polar surface area (TPSA) is 56.7 Å². The van der Waals surface area contributed by atoms with Gasteiger partial charge in [-0.25, -0.2) is 15.0 Å². The molecule has 0 amide bonds. The van der Waals surface area contributed by atoms with Gasteiger partial charge in [0.2, 0.25) is 0 Å². The average molecular weight is 673 g/mol. The molecular weight excluding hydrogens is 645 g/mol. The lowest BCUT2D eigenvalue weighted by atomic mass is 9.99. The summed E-state index contributed by atoms with van der Waals surface area (Å²) in [6, 6.07) is 46.5. The van der Waals surface area contributed by atoms with E-state index in [0.717, 1.165) is 57.2 Å². The summed E-state index contributed by atoms with van der Waals surface area (Å²) in [5.74, 6) is 1.92. The van der Waals surface area contributed by atoms with Crippen LogP contribution >= 0.6 is 11.3 Å². The molecule has 0 aliphatic heterocycles. The SMILES string of the molecule is C1=Cc2c(sc3cccc(-c4nc(-c5ccccc5)nc(-c5ccc6c(c5)oc5cccc(-n7c8ccccc8c8ccccc87)c56)n4)c23)CC1. The Morgan fingerprint density at radius 3 is 2.12 bits per heavy atom. The number of fused-ring (bicyclic) bond motifs is 9. The smallest absolute Gasteiger partial charge is 0.164 e. The average Bonchev–Trinajstić information content (AvgIpc) is 3.87. The second-order valence-corrected chi connectivity index (χ2v) is 14.2. The number of benzene rings is 6. The van der Waals surface area contributed by atoms with Crippen molar-refractivity contribution in [3.63, 3.8) is 0 Å². The number of thiophene rings is 1. The van der Waals surface area contributed by atoms with Crippen molar-refractivity contribution >= 4 is 71.2 Å². The maximum absolute atomic E-state index is 6.63. The van der Waals surface area contributed by atoms with Crippen molar-refractivity contribution in [3.05, 3.63) is 150 Å². The van der Waals surface area contributed by atoms with Crippen LogP contribution in [0.15, 0.2) is 144 Å². The summed E-state index contributed by atoms with van der Waals surface area (Å²) in [4.78, 5) is 16.8. The van der Waals surface area contributed by atoms with Gasteiger partial charge in [-0.05, 0) is 60.9 Å². The molecule has 1 aliphatic rings. The highest BCUT2D eigenvalue weighted by Gasteiger charge is 2.21. The van der Waals surface area contributed by atoms with Crippen LogP contribution in [0.1, 0.15) is 16.9 Å². The standard InChI is InChI=1S/C45H28N4OS/c1-2-12-27(13-3-1)43-46-44(48-45(47-43)33-17-10-23-40-41(33)32-16-6-9-22-39(32)51-40)28-24-25-31-38(26-28)50-37-21-11-20-36(42(31)37)49-34-18-7-4-14-29(34)30-15-5-8-19-35(30)49/h1-8,10-21,23-26H,9,22H2. The molecule has 10 aromatic rings. The first-order valence-electron chi connectivity index (χ1n) is 17.3. The fourth-order valence-corrected chi connectivity index (χ4v) is 9.08. The van der Waals surface area contributed by atoms with Crippen molar-refractivity contribution in [3.8, 4) is 39.9 Å². The first-order chi connectivity index (χ1) is 25.3. The van der Waals surface area contributed by atoms with Gasteiger partial charge in [0.05, 0.1) is 22.1 Å². The Labute approximate surface area is 296 Å². The van der Waals surface area contributed by atoms with Gasteiger partial charge in [-0.1, -0.05) is 103 Å². The van der Waals surface area contributed by atoms with Gasteiger partial charge in [-0.2, -0.15) is 0 Å². The predicted octanol–water partition coefficient (Wildman–Crippen LogP) is 12.0. The minimum absolute atomic E-state index is 0.612.